The van der Waals surface area contributed by atoms with Gasteiger partial charge in [-0.2, -0.15) is 0 Å². The number of nitrogens with two attached hydrogens (primary N) is 1. The highest BCUT2D eigenvalue weighted by molar-refractivity contribution is 6.31. The Morgan fingerprint density at radius 2 is 1.55 bits per heavy atom. The fraction of sp³-hybridized carbons (Fsp3) is 0.625. The molecule has 0 radical (unpaired) electrons. The van der Waals surface area contributed by atoms with Gasteiger partial charge in [0, 0.05) is 29.5 Å². The highest BCUT2D eigenvalue weighted by Gasteiger charge is 2.48. The Balaban J connectivity index is 1.70. The van der Waals surface area contributed by atoms with E-state index < -0.39 is 5.79 Å². The minimum Gasteiger partial charge on any atom is -0.448 e. The molecule has 3 aliphatic rings. The second-order valence-corrected chi connectivity index (χ2v) is 6.87. The van der Waals surface area contributed by atoms with Gasteiger partial charge in [0.1, 0.15) is 0 Å². The van der Waals surface area contributed by atoms with E-state index in [4.69, 9.17) is 26.8 Å². The van der Waals surface area contributed by atoms with E-state index in [0.29, 0.717) is 5.02 Å². The summed E-state index contributed by atoms with van der Waals surface area (Å²) in [6.07, 6.45) is 8.69. The van der Waals surface area contributed by atoms with Crippen molar-refractivity contribution in [1.82, 2.24) is 0 Å². The molecule has 1 spiro atoms. The third kappa shape index (κ3) is 1.83. The van der Waals surface area contributed by atoms with Gasteiger partial charge in [0.05, 0.1) is 0 Å². The third-order valence-corrected chi connectivity index (χ3v) is 5.34. The van der Waals surface area contributed by atoms with E-state index in [2.05, 4.69) is 0 Å². The van der Waals surface area contributed by atoms with Gasteiger partial charge in [0.25, 0.3) is 5.79 Å². The molecule has 4 heteroatoms. The fourth-order valence-electron chi connectivity index (χ4n) is 3.62. The summed E-state index contributed by atoms with van der Waals surface area (Å²) in [7, 11) is 0. The minimum atomic E-state index is -0.404. The van der Waals surface area contributed by atoms with Gasteiger partial charge in [0.2, 0.25) is 0 Å². The van der Waals surface area contributed by atoms with Crippen molar-refractivity contribution in [3.63, 3.8) is 0 Å². The fourth-order valence-corrected chi connectivity index (χ4v) is 3.96. The number of hydrogen-bond donors (Lipinski definition) is 1. The molecule has 2 N–H and O–H groups in total. The summed E-state index contributed by atoms with van der Waals surface area (Å²) in [5.41, 5.74) is 7.33. The van der Waals surface area contributed by atoms with Crippen LogP contribution in [0.15, 0.2) is 12.1 Å². The standard InChI is InChI=1S/C16H20ClNO2/c17-12-10-14-13(19-16(20-14)7-4-8-16)9-11(12)15(18)5-2-1-3-6-15/h9-10H,1-8,18H2. The molecule has 2 aliphatic carbocycles. The van der Waals surface area contributed by atoms with Gasteiger partial charge in [0.15, 0.2) is 11.5 Å². The summed E-state index contributed by atoms with van der Waals surface area (Å²) in [5.74, 6) is 1.19. The van der Waals surface area contributed by atoms with Gasteiger partial charge in [-0.3, -0.25) is 0 Å². The quantitative estimate of drug-likeness (QED) is 0.847. The van der Waals surface area contributed by atoms with Crippen LogP contribution >= 0.6 is 11.6 Å². The number of fused-ring (bicyclic) bond motifs is 1. The average Bonchev–Trinajstić information content (AvgIpc) is 2.77. The molecule has 4 rings (SSSR count). The molecule has 1 aliphatic heterocycles. The molecule has 0 unspecified atom stereocenters. The van der Waals surface area contributed by atoms with E-state index in [-0.39, 0.29) is 5.54 Å². The molecule has 0 aromatic heterocycles. The normalized spacial score (nSPS) is 25.5. The van der Waals surface area contributed by atoms with Crippen molar-refractivity contribution >= 4 is 11.6 Å². The second kappa shape index (κ2) is 4.28. The summed E-state index contributed by atoms with van der Waals surface area (Å²) >= 11 is 6.47. The second-order valence-electron chi connectivity index (χ2n) is 6.46. The van der Waals surface area contributed by atoms with Gasteiger partial charge >= 0.3 is 0 Å². The van der Waals surface area contributed by atoms with Crippen LogP contribution in [0.3, 0.4) is 0 Å². The number of halogens is 1. The Kier molecular flexibility index (Phi) is 2.74. The zero-order valence-corrected chi connectivity index (χ0v) is 12.3. The van der Waals surface area contributed by atoms with Crippen molar-refractivity contribution in [3.05, 3.63) is 22.7 Å². The van der Waals surface area contributed by atoms with Crippen LogP contribution < -0.4 is 15.2 Å². The molecule has 0 atom stereocenters. The van der Waals surface area contributed by atoms with E-state index in [1.807, 2.05) is 12.1 Å². The molecule has 0 amide bonds. The van der Waals surface area contributed by atoms with Crippen LogP contribution in [0, 0.1) is 0 Å². The van der Waals surface area contributed by atoms with E-state index in [9.17, 15) is 0 Å². The van der Waals surface area contributed by atoms with E-state index >= 15 is 0 Å². The smallest absolute Gasteiger partial charge is 0.251 e. The summed E-state index contributed by atoms with van der Waals surface area (Å²) in [6, 6.07) is 3.92. The Labute approximate surface area is 124 Å². The average molecular weight is 294 g/mol. The first-order chi connectivity index (χ1) is 9.60. The Bertz CT molecular complexity index is 548. The lowest BCUT2D eigenvalue weighted by molar-refractivity contribution is -0.138. The first kappa shape index (κ1) is 12.8. The van der Waals surface area contributed by atoms with Crippen molar-refractivity contribution in [1.29, 1.82) is 0 Å². The third-order valence-electron chi connectivity index (χ3n) is 5.02. The van der Waals surface area contributed by atoms with Crippen LogP contribution in [0.5, 0.6) is 11.5 Å². The SMILES string of the molecule is NC1(c2cc3c(cc2Cl)OC2(CCC2)O3)CCCCC1. The maximum atomic E-state index is 6.61. The molecular formula is C16H20ClNO2. The first-order valence-electron chi connectivity index (χ1n) is 7.61. The summed E-state index contributed by atoms with van der Waals surface area (Å²) < 4.78 is 12.0. The number of benzene rings is 1. The van der Waals surface area contributed by atoms with Gasteiger partial charge in [-0.1, -0.05) is 30.9 Å². The van der Waals surface area contributed by atoms with Crippen molar-refractivity contribution in [2.75, 3.05) is 0 Å². The lowest BCUT2D eigenvalue weighted by atomic mass is 9.77. The molecule has 2 saturated carbocycles. The Hall–Kier alpha value is -0.930. The van der Waals surface area contributed by atoms with E-state index in [1.165, 1.54) is 19.3 Å². The summed E-state index contributed by atoms with van der Waals surface area (Å²) in [5, 5.41) is 0.716. The van der Waals surface area contributed by atoms with Gasteiger partial charge < -0.3 is 15.2 Å². The van der Waals surface area contributed by atoms with Crippen LogP contribution in [0.1, 0.15) is 56.9 Å². The Morgan fingerprint density at radius 3 is 2.15 bits per heavy atom. The lowest BCUT2D eigenvalue weighted by Crippen LogP contribution is -2.45. The van der Waals surface area contributed by atoms with E-state index in [0.717, 1.165) is 49.2 Å². The van der Waals surface area contributed by atoms with Crippen molar-refractivity contribution in [2.24, 2.45) is 5.73 Å². The molecule has 0 saturated heterocycles. The zero-order valence-electron chi connectivity index (χ0n) is 11.6. The highest BCUT2D eigenvalue weighted by Crippen LogP contribution is 2.51. The van der Waals surface area contributed by atoms with Crippen molar-refractivity contribution < 1.29 is 9.47 Å². The predicted molar refractivity (Wildman–Crippen MR) is 78.2 cm³/mol. The number of rotatable bonds is 1. The molecule has 3 nitrogen and oxygen atoms in total. The maximum Gasteiger partial charge on any atom is 0.251 e. The van der Waals surface area contributed by atoms with Gasteiger partial charge in [-0.15, -0.1) is 0 Å². The zero-order chi connectivity index (χ0) is 13.8. The molecule has 1 heterocycles. The first-order valence-corrected chi connectivity index (χ1v) is 7.99. The van der Waals surface area contributed by atoms with Gasteiger partial charge in [-0.05, 0) is 30.9 Å². The highest BCUT2D eigenvalue weighted by atomic mass is 35.5. The number of ether oxygens (including phenoxy) is 2. The van der Waals surface area contributed by atoms with Crippen LogP contribution in [0.25, 0.3) is 0 Å². The molecule has 0 bridgehead atoms. The van der Waals surface area contributed by atoms with Crippen LogP contribution in [0.2, 0.25) is 5.02 Å². The lowest BCUT2D eigenvalue weighted by Gasteiger charge is -2.35. The topological polar surface area (TPSA) is 44.5 Å². The van der Waals surface area contributed by atoms with E-state index in [1.54, 1.807) is 0 Å². The summed E-state index contributed by atoms with van der Waals surface area (Å²) in [6.45, 7) is 0. The number of hydrogen-bond acceptors (Lipinski definition) is 3. The molecule has 108 valence electrons. The molecule has 1 aromatic carbocycles. The van der Waals surface area contributed by atoms with Crippen LogP contribution in [0.4, 0.5) is 0 Å². The van der Waals surface area contributed by atoms with Crippen molar-refractivity contribution in [2.45, 2.75) is 62.7 Å². The van der Waals surface area contributed by atoms with Gasteiger partial charge in [-0.25, -0.2) is 0 Å². The largest absolute Gasteiger partial charge is 0.448 e. The molecular weight excluding hydrogens is 274 g/mol. The maximum absolute atomic E-state index is 6.61. The molecule has 2 fully saturated rings. The van der Waals surface area contributed by atoms with Crippen molar-refractivity contribution in [3.8, 4) is 11.5 Å². The Morgan fingerprint density at radius 1 is 0.900 bits per heavy atom. The van der Waals surface area contributed by atoms with Crippen LogP contribution in [-0.2, 0) is 5.54 Å². The van der Waals surface area contributed by atoms with Crippen LogP contribution in [-0.4, -0.2) is 5.79 Å². The predicted octanol–water partition coefficient (Wildman–Crippen LogP) is 4.11. The molecule has 20 heavy (non-hydrogen) atoms. The minimum absolute atomic E-state index is 0.302. The molecule has 1 aromatic rings. The summed E-state index contributed by atoms with van der Waals surface area (Å²) in [4.78, 5) is 0. The monoisotopic (exact) mass is 293 g/mol.